The fourth-order valence-corrected chi connectivity index (χ4v) is 3.18. The number of rotatable bonds is 9. The molecule has 1 amide bonds. The lowest BCUT2D eigenvalue weighted by atomic mass is 10.0. The summed E-state index contributed by atoms with van der Waals surface area (Å²) in [5.74, 6) is 1.42. The number of amides is 1. The maximum atomic E-state index is 12.3. The van der Waals surface area contributed by atoms with Crippen LogP contribution in [0.2, 0.25) is 0 Å². The highest BCUT2D eigenvalue weighted by Gasteiger charge is 2.10. The summed E-state index contributed by atoms with van der Waals surface area (Å²) in [5, 5.41) is 12.4. The van der Waals surface area contributed by atoms with Gasteiger partial charge in [-0.05, 0) is 85.1 Å². The number of hydrogen-bond donors (Lipinski definition) is 1. The van der Waals surface area contributed by atoms with Gasteiger partial charge in [-0.3, -0.25) is 4.79 Å². The van der Waals surface area contributed by atoms with E-state index in [2.05, 4.69) is 11.4 Å². The number of ether oxygens (including phenoxy) is 3. The Bertz CT molecular complexity index is 1180. The molecule has 3 aromatic carbocycles. The average Bonchev–Trinajstić information content (AvgIpc) is 2.82. The second-order valence-corrected chi connectivity index (χ2v) is 7.24. The van der Waals surface area contributed by atoms with Gasteiger partial charge in [-0.15, -0.1) is 0 Å². The summed E-state index contributed by atoms with van der Waals surface area (Å²) < 4.78 is 16.6. The number of carbonyl (C=O) groups excluding carboxylic acids is 1. The van der Waals surface area contributed by atoms with E-state index >= 15 is 0 Å². The third-order valence-corrected chi connectivity index (χ3v) is 4.76. The number of hydrogen-bond acceptors (Lipinski definition) is 5. The molecule has 6 nitrogen and oxygen atoms in total. The van der Waals surface area contributed by atoms with Gasteiger partial charge in [-0.2, -0.15) is 5.26 Å². The third-order valence-electron chi connectivity index (χ3n) is 4.76. The molecule has 6 heteroatoms. The zero-order valence-electron chi connectivity index (χ0n) is 18.9. The number of carbonyl (C=O) groups is 1. The molecule has 0 aromatic heterocycles. The lowest BCUT2D eigenvalue weighted by Gasteiger charge is -2.13. The predicted molar refractivity (Wildman–Crippen MR) is 129 cm³/mol. The van der Waals surface area contributed by atoms with Gasteiger partial charge in [0, 0.05) is 5.69 Å². The predicted octanol–water partition coefficient (Wildman–Crippen LogP) is 5.48. The van der Waals surface area contributed by atoms with Crippen LogP contribution in [0.1, 0.15) is 23.6 Å². The molecular weight excluding hydrogens is 416 g/mol. The summed E-state index contributed by atoms with van der Waals surface area (Å²) in [6.45, 7) is 4.11. The molecule has 0 saturated heterocycles. The van der Waals surface area contributed by atoms with Crippen LogP contribution in [0.25, 0.3) is 11.6 Å². The highest BCUT2D eigenvalue weighted by atomic mass is 16.5. The largest absolute Gasteiger partial charge is 0.497 e. The zero-order valence-corrected chi connectivity index (χ0v) is 18.9. The van der Waals surface area contributed by atoms with Crippen molar-refractivity contribution in [3.8, 4) is 23.3 Å². The molecule has 0 bridgehead atoms. The van der Waals surface area contributed by atoms with Gasteiger partial charge in [0.2, 0.25) is 0 Å². The fourth-order valence-electron chi connectivity index (χ4n) is 3.18. The normalized spacial score (nSPS) is 10.8. The van der Waals surface area contributed by atoms with Crippen molar-refractivity contribution in [3.05, 3.63) is 83.4 Å². The smallest absolute Gasteiger partial charge is 0.262 e. The maximum absolute atomic E-state index is 12.3. The number of benzene rings is 3. The minimum Gasteiger partial charge on any atom is -0.497 e. The molecule has 33 heavy (non-hydrogen) atoms. The second-order valence-electron chi connectivity index (χ2n) is 7.24. The molecule has 0 unspecified atom stereocenters. The van der Waals surface area contributed by atoms with Gasteiger partial charge in [-0.25, -0.2) is 0 Å². The van der Waals surface area contributed by atoms with Crippen LogP contribution in [-0.4, -0.2) is 26.2 Å². The van der Waals surface area contributed by atoms with Crippen LogP contribution in [0.15, 0.2) is 66.7 Å². The van der Waals surface area contributed by atoms with Crippen molar-refractivity contribution in [1.29, 1.82) is 5.26 Å². The number of nitriles is 1. The van der Waals surface area contributed by atoms with Crippen LogP contribution in [0.4, 0.5) is 5.69 Å². The van der Waals surface area contributed by atoms with Crippen LogP contribution in [0, 0.1) is 18.3 Å². The Morgan fingerprint density at radius 3 is 2.48 bits per heavy atom. The van der Waals surface area contributed by atoms with Crippen molar-refractivity contribution in [3.63, 3.8) is 0 Å². The van der Waals surface area contributed by atoms with E-state index in [1.54, 1.807) is 25.3 Å². The number of anilines is 1. The molecule has 0 radical (unpaired) electrons. The van der Waals surface area contributed by atoms with E-state index in [-0.39, 0.29) is 12.5 Å². The van der Waals surface area contributed by atoms with Crippen molar-refractivity contribution in [2.75, 3.05) is 25.6 Å². The molecule has 0 aliphatic carbocycles. The van der Waals surface area contributed by atoms with Gasteiger partial charge in [0.15, 0.2) is 18.1 Å². The Balaban J connectivity index is 1.74. The SMILES string of the molecule is CCOc1cc(/C=C(\C#N)c2ccc(OC)cc2)ccc1OCC(=O)Nc1cccc(C)c1. The minimum atomic E-state index is -0.265. The summed E-state index contributed by atoms with van der Waals surface area (Å²) in [5.41, 5.74) is 3.84. The van der Waals surface area contributed by atoms with Gasteiger partial charge >= 0.3 is 0 Å². The van der Waals surface area contributed by atoms with Crippen molar-refractivity contribution in [2.24, 2.45) is 0 Å². The Kier molecular flexibility index (Phi) is 8.09. The number of aryl methyl sites for hydroxylation is 1. The third kappa shape index (κ3) is 6.62. The maximum Gasteiger partial charge on any atom is 0.262 e. The van der Waals surface area contributed by atoms with Crippen molar-refractivity contribution >= 4 is 23.2 Å². The molecule has 0 heterocycles. The van der Waals surface area contributed by atoms with Crippen LogP contribution in [0.3, 0.4) is 0 Å². The first-order valence-electron chi connectivity index (χ1n) is 10.5. The summed E-state index contributed by atoms with van der Waals surface area (Å²) in [6, 6.07) is 22.4. The zero-order chi connectivity index (χ0) is 23.6. The number of nitrogens with zero attached hydrogens (tertiary/aromatic N) is 1. The van der Waals surface area contributed by atoms with E-state index in [4.69, 9.17) is 14.2 Å². The Morgan fingerprint density at radius 2 is 1.82 bits per heavy atom. The molecule has 0 fully saturated rings. The number of allylic oxidation sites excluding steroid dienone is 1. The molecule has 0 spiro atoms. The quantitative estimate of drug-likeness (QED) is 0.350. The lowest BCUT2D eigenvalue weighted by Crippen LogP contribution is -2.20. The van der Waals surface area contributed by atoms with Gasteiger partial charge in [0.05, 0.1) is 25.4 Å². The Hall–Kier alpha value is -4.24. The van der Waals surface area contributed by atoms with E-state index in [1.807, 2.05) is 68.4 Å². The van der Waals surface area contributed by atoms with Crippen molar-refractivity contribution in [1.82, 2.24) is 0 Å². The van der Waals surface area contributed by atoms with E-state index in [0.717, 1.165) is 28.1 Å². The first kappa shape index (κ1) is 23.4. The highest BCUT2D eigenvalue weighted by molar-refractivity contribution is 5.92. The van der Waals surface area contributed by atoms with Crippen LogP contribution in [0.5, 0.6) is 17.2 Å². The van der Waals surface area contributed by atoms with Gasteiger partial charge < -0.3 is 19.5 Å². The van der Waals surface area contributed by atoms with E-state index in [0.29, 0.717) is 23.7 Å². The first-order valence-corrected chi connectivity index (χ1v) is 10.5. The molecule has 0 atom stereocenters. The van der Waals surface area contributed by atoms with Crippen molar-refractivity contribution in [2.45, 2.75) is 13.8 Å². The average molecular weight is 443 g/mol. The standard InChI is InChI=1S/C27H26N2O4/c1-4-32-26-16-20(15-22(17-28)21-9-11-24(31-3)12-10-21)8-13-25(26)33-18-27(30)29-23-7-5-6-19(2)14-23/h5-16H,4,18H2,1-3H3,(H,29,30)/b22-15+. The molecular formula is C27H26N2O4. The Morgan fingerprint density at radius 1 is 1.03 bits per heavy atom. The van der Waals surface area contributed by atoms with Crippen molar-refractivity contribution < 1.29 is 19.0 Å². The van der Waals surface area contributed by atoms with Crippen LogP contribution < -0.4 is 19.5 Å². The van der Waals surface area contributed by atoms with Crippen LogP contribution in [-0.2, 0) is 4.79 Å². The molecule has 3 aromatic rings. The molecule has 0 aliphatic heterocycles. The molecule has 168 valence electrons. The van der Waals surface area contributed by atoms with Gasteiger partial charge in [0.1, 0.15) is 5.75 Å². The van der Waals surface area contributed by atoms with Gasteiger partial charge in [0.25, 0.3) is 5.91 Å². The fraction of sp³-hybridized carbons (Fsp3) is 0.185. The molecule has 1 N–H and O–H groups in total. The van der Waals surface area contributed by atoms with Crippen LogP contribution >= 0.6 is 0 Å². The number of nitrogens with one attached hydrogen (secondary N) is 1. The minimum absolute atomic E-state index is 0.154. The summed E-state index contributed by atoms with van der Waals surface area (Å²) in [6.07, 6.45) is 1.78. The molecule has 3 rings (SSSR count). The first-order chi connectivity index (χ1) is 16.0. The van der Waals surface area contributed by atoms with E-state index < -0.39 is 0 Å². The second kappa shape index (κ2) is 11.4. The highest BCUT2D eigenvalue weighted by Crippen LogP contribution is 2.30. The monoisotopic (exact) mass is 442 g/mol. The van der Waals surface area contributed by atoms with E-state index in [9.17, 15) is 10.1 Å². The summed E-state index contributed by atoms with van der Waals surface area (Å²) in [4.78, 5) is 12.3. The number of methoxy groups -OCH3 is 1. The molecule has 0 saturated carbocycles. The lowest BCUT2D eigenvalue weighted by molar-refractivity contribution is -0.118. The van der Waals surface area contributed by atoms with Gasteiger partial charge in [-0.1, -0.05) is 18.2 Å². The topological polar surface area (TPSA) is 80.6 Å². The summed E-state index contributed by atoms with van der Waals surface area (Å²) >= 11 is 0. The summed E-state index contributed by atoms with van der Waals surface area (Å²) in [7, 11) is 1.60. The molecule has 0 aliphatic rings. The Labute approximate surface area is 194 Å². The van der Waals surface area contributed by atoms with E-state index in [1.165, 1.54) is 0 Å².